The van der Waals surface area contributed by atoms with Crippen molar-refractivity contribution in [2.24, 2.45) is 0 Å². The largest absolute Gasteiger partial charge is 0.348 e. The Morgan fingerprint density at radius 1 is 1.27 bits per heavy atom. The van der Waals surface area contributed by atoms with Crippen molar-refractivity contribution in [3.63, 3.8) is 0 Å². The predicted molar refractivity (Wildman–Crippen MR) is 73.7 cm³/mol. The second-order valence-corrected chi connectivity index (χ2v) is 6.91. The third-order valence-corrected chi connectivity index (χ3v) is 4.94. The zero-order valence-corrected chi connectivity index (χ0v) is 13.2. The van der Waals surface area contributed by atoms with Crippen molar-refractivity contribution in [2.75, 3.05) is 6.26 Å². The average molecular weight is 416 g/mol. The van der Waals surface area contributed by atoms with E-state index in [1.54, 1.807) is 6.26 Å². The highest BCUT2D eigenvalue weighted by Gasteiger charge is 2.15. The summed E-state index contributed by atoms with van der Waals surface area (Å²) in [7, 11) is -1.02. The van der Waals surface area contributed by atoms with Crippen molar-refractivity contribution in [3.05, 3.63) is 25.7 Å². The van der Waals surface area contributed by atoms with Crippen LogP contribution >= 0.6 is 47.8 Å². The van der Waals surface area contributed by atoms with Crippen LogP contribution in [0.3, 0.4) is 0 Å². The number of H-pyrrole nitrogens is 1. The molecule has 2 nitrogen and oxygen atoms in total. The molecule has 15 heavy (non-hydrogen) atoms. The third-order valence-electron chi connectivity index (χ3n) is 2.01. The summed E-state index contributed by atoms with van der Waals surface area (Å²) in [6.07, 6.45) is 1.67. The highest BCUT2D eigenvalue weighted by Crippen LogP contribution is 2.36. The number of rotatable bonds is 1. The number of fused-ring (bicyclic) bond motifs is 1. The Labute approximate surface area is 115 Å². The van der Waals surface area contributed by atoms with Gasteiger partial charge in [0, 0.05) is 26.1 Å². The molecule has 80 valence electrons. The lowest BCUT2D eigenvalue weighted by atomic mass is 10.2. The molecule has 0 saturated heterocycles. The zero-order chi connectivity index (χ0) is 11.2. The van der Waals surface area contributed by atoms with Crippen LogP contribution in [0.4, 0.5) is 0 Å². The summed E-state index contributed by atoms with van der Waals surface area (Å²) >= 11 is 10.3. The number of halogens is 3. The summed E-state index contributed by atoms with van der Waals surface area (Å²) in [6.45, 7) is 0. The molecule has 0 radical (unpaired) electrons. The van der Waals surface area contributed by atoms with Crippen LogP contribution in [-0.2, 0) is 10.8 Å². The second kappa shape index (κ2) is 4.31. The monoisotopic (exact) mass is 413 g/mol. The molecule has 0 unspecified atom stereocenters. The Hall–Kier alpha value is 0.350. The highest BCUT2D eigenvalue weighted by molar-refractivity contribution is 9.11. The van der Waals surface area contributed by atoms with Gasteiger partial charge in [-0.2, -0.15) is 0 Å². The smallest absolute Gasteiger partial charge is 0.0995 e. The van der Waals surface area contributed by atoms with Crippen molar-refractivity contribution >= 4 is 69.5 Å². The molecule has 1 atom stereocenters. The van der Waals surface area contributed by atoms with Crippen molar-refractivity contribution < 1.29 is 4.21 Å². The van der Waals surface area contributed by atoms with E-state index in [-0.39, 0.29) is 0 Å². The molecule has 0 spiro atoms. The number of aromatic nitrogens is 1. The van der Waals surface area contributed by atoms with E-state index in [0.29, 0.717) is 0 Å². The molecular formula is C9H6Br3NOS. The van der Waals surface area contributed by atoms with Gasteiger partial charge in [-0.3, -0.25) is 4.21 Å². The van der Waals surface area contributed by atoms with E-state index < -0.39 is 10.8 Å². The lowest BCUT2D eigenvalue weighted by Crippen LogP contribution is -1.86. The van der Waals surface area contributed by atoms with Crippen molar-refractivity contribution in [3.8, 4) is 0 Å². The Balaban J connectivity index is 2.93. The molecule has 2 rings (SSSR count). The maximum Gasteiger partial charge on any atom is 0.0995 e. The molecule has 1 N–H and O–H groups in total. The molecule has 6 heteroatoms. The van der Waals surface area contributed by atoms with Crippen LogP contribution in [0.1, 0.15) is 0 Å². The fraction of sp³-hybridized carbons (Fsp3) is 0.111. The van der Waals surface area contributed by atoms with E-state index in [1.165, 1.54) is 0 Å². The summed E-state index contributed by atoms with van der Waals surface area (Å²) in [6, 6.07) is 3.90. The first-order chi connectivity index (χ1) is 7.00. The fourth-order valence-corrected chi connectivity index (χ4v) is 4.92. The molecule has 0 amide bonds. The second-order valence-electron chi connectivity index (χ2n) is 3.03. The van der Waals surface area contributed by atoms with E-state index in [9.17, 15) is 4.21 Å². The molecule has 0 aliphatic heterocycles. The van der Waals surface area contributed by atoms with Gasteiger partial charge in [0.05, 0.1) is 20.3 Å². The van der Waals surface area contributed by atoms with E-state index in [1.807, 2.05) is 12.1 Å². The van der Waals surface area contributed by atoms with E-state index in [2.05, 4.69) is 52.8 Å². The van der Waals surface area contributed by atoms with Crippen molar-refractivity contribution in [1.82, 2.24) is 4.98 Å². The summed E-state index contributed by atoms with van der Waals surface area (Å²) < 4.78 is 14.3. The molecule has 0 aliphatic rings. The van der Waals surface area contributed by atoms with Gasteiger partial charge in [-0.15, -0.1) is 0 Å². The molecule has 0 fully saturated rings. The Kier molecular flexibility index (Phi) is 3.40. The number of nitrogens with one attached hydrogen (secondary N) is 1. The predicted octanol–water partition coefficient (Wildman–Crippen LogP) is 4.19. The van der Waals surface area contributed by atoms with E-state index in [0.717, 1.165) is 29.3 Å². The van der Waals surface area contributed by atoms with Gasteiger partial charge in [0.2, 0.25) is 0 Å². The molecule has 0 saturated carbocycles. The molecule has 1 aromatic carbocycles. The van der Waals surface area contributed by atoms with Gasteiger partial charge in [0.25, 0.3) is 0 Å². The topological polar surface area (TPSA) is 32.9 Å². The Morgan fingerprint density at radius 2 is 1.93 bits per heavy atom. The number of hydrogen-bond donors (Lipinski definition) is 1. The van der Waals surface area contributed by atoms with Crippen LogP contribution in [0.25, 0.3) is 10.9 Å². The average Bonchev–Trinajstić information content (AvgIpc) is 2.40. The van der Waals surface area contributed by atoms with Crippen LogP contribution in [0.15, 0.2) is 30.6 Å². The fourth-order valence-electron chi connectivity index (χ4n) is 1.46. The first kappa shape index (κ1) is 11.8. The SMILES string of the molecule is C[S@](=O)c1c(Br)[nH]c2cc(Br)cc(Br)c12. The van der Waals surface area contributed by atoms with Gasteiger partial charge >= 0.3 is 0 Å². The maximum atomic E-state index is 11.6. The van der Waals surface area contributed by atoms with Crippen LogP contribution in [-0.4, -0.2) is 15.4 Å². The van der Waals surface area contributed by atoms with E-state index >= 15 is 0 Å². The summed E-state index contributed by atoms with van der Waals surface area (Å²) in [5.41, 5.74) is 0.952. The van der Waals surface area contributed by atoms with Crippen LogP contribution in [0, 0.1) is 0 Å². The first-order valence-electron chi connectivity index (χ1n) is 4.00. The first-order valence-corrected chi connectivity index (χ1v) is 7.94. The minimum atomic E-state index is -1.02. The number of benzene rings is 1. The van der Waals surface area contributed by atoms with Gasteiger partial charge in [-0.1, -0.05) is 31.9 Å². The molecule has 2 aromatic rings. The number of hydrogen-bond acceptors (Lipinski definition) is 1. The standard InChI is InChI=1S/C9H6Br3NOS/c1-15(14)8-7-5(11)2-4(10)3-6(7)13-9(8)12/h2-3,13H,1H3/t15-/m0/s1. The normalized spacial score (nSPS) is 13.3. The maximum absolute atomic E-state index is 11.6. The quantitative estimate of drug-likeness (QED) is 0.744. The summed E-state index contributed by atoms with van der Waals surface area (Å²) in [5.74, 6) is 0. The van der Waals surface area contributed by atoms with Crippen LogP contribution in [0.2, 0.25) is 0 Å². The van der Waals surface area contributed by atoms with Gasteiger partial charge in [0.1, 0.15) is 0 Å². The highest BCUT2D eigenvalue weighted by atomic mass is 79.9. The van der Waals surface area contributed by atoms with Gasteiger partial charge in [-0.25, -0.2) is 0 Å². The van der Waals surface area contributed by atoms with Crippen molar-refractivity contribution in [1.29, 1.82) is 0 Å². The Bertz CT molecular complexity index is 564. The minimum Gasteiger partial charge on any atom is -0.348 e. The van der Waals surface area contributed by atoms with Gasteiger partial charge < -0.3 is 4.98 Å². The van der Waals surface area contributed by atoms with Crippen LogP contribution < -0.4 is 0 Å². The Morgan fingerprint density at radius 3 is 2.53 bits per heavy atom. The van der Waals surface area contributed by atoms with Crippen LogP contribution in [0.5, 0.6) is 0 Å². The van der Waals surface area contributed by atoms with Gasteiger partial charge in [-0.05, 0) is 28.1 Å². The summed E-state index contributed by atoms with van der Waals surface area (Å²) in [5, 5.41) is 0.964. The molecule has 1 aromatic heterocycles. The molecular weight excluding hydrogens is 410 g/mol. The van der Waals surface area contributed by atoms with Gasteiger partial charge in [0.15, 0.2) is 0 Å². The zero-order valence-electron chi connectivity index (χ0n) is 7.61. The molecule has 0 bridgehead atoms. The summed E-state index contributed by atoms with van der Waals surface area (Å²) in [4.78, 5) is 3.95. The minimum absolute atomic E-state index is 0.775. The number of aromatic amines is 1. The lowest BCUT2D eigenvalue weighted by molar-refractivity contribution is 0.687. The molecule has 0 aliphatic carbocycles. The molecule has 1 heterocycles. The lowest BCUT2D eigenvalue weighted by Gasteiger charge is -1.99. The van der Waals surface area contributed by atoms with Crippen molar-refractivity contribution in [2.45, 2.75) is 4.90 Å². The van der Waals surface area contributed by atoms with E-state index in [4.69, 9.17) is 0 Å². The third kappa shape index (κ3) is 2.09.